The highest BCUT2D eigenvalue weighted by Gasteiger charge is 2.11. The second-order valence-corrected chi connectivity index (χ2v) is 7.59. The van der Waals surface area contributed by atoms with Gasteiger partial charge < -0.3 is 14.0 Å². The van der Waals surface area contributed by atoms with Gasteiger partial charge >= 0.3 is 0 Å². The number of para-hydroxylation sites is 3. The first-order valence-corrected chi connectivity index (χ1v) is 10.6. The molecule has 0 aliphatic rings. The summed E-state index contributed by atoms with van der Waals surface area (Å²) < 4.78 is 13.4. The smallest absolute Gasteiger partial charge is 0.137 e. The molecule has 30 heavy (non-hydrogen) atoms. The number of ether oxygens (including phenoxy) is 2. The van der Waals surface area contributed by atoms with Crippen molar-refractivity contribution >= 4 is 22.6 Å². The van der Waals surface area contributed by atoms with E-state index in [1.54, 1.807) is 7.11 Å². The molecule has 0 bridgehead atoms. The molecule has 0 N–H and O–H groups in total. The minimum absolute atomic E-state index is 0.643. The number of fused-ring (bicyclic) bond motifs is 1. The fourth-order valence-electron chi connectivity index (χ4n) is 3.55. The largest absolute Gasteiger partial charge is 0.497 e. The van der Waals surface area contributed by atoms with Gasteiger partial charge in [-0.15, -0.1) is 0 Å². The highest BCUT2D eigenvalue weighted by atomic mass is 35.5. The van der Waals surface area contributed by atoms with Gasteiger partial charge in [0.1, 0.15) is 17.3 Å². The number of halogens is 1. The zero-order valence-electron chi connectivity index (χ0n) is 17.1. The van der Waals surface area contributed by atoms with Crippen LogP contribution in [0.25, 0.3) is 11.0 Å². The molecule has 0 radical (unpaired) electrons. The van der Waals surface area contributed by atoms with Gasteiger partial charge in [0.25, 0.3) is 0 Å². The molecule has 0 aliphatic carbocycles. The summed E-state index contributed by atoms with van der Waals surface area (Å²) in [5, 5.41) is 0.653. The third kappa shape index (κ3) is 4.77. The number of benzene rings is 3. The van der Waals surface area contributed by atoms with Crippen LogP contribution < -0.4 is 9.47 Å². The van der Waals surface area contributed by atoms with Crippen LogP contribution in [0, 0.1) is 0 Å². The quantitative estimate of drug-likeness (QED) is 0.305. The summed E-state index contributed by atoms with van der Waals surface area (Å²) in [6.07, 6.45) is 2.73. The summed E-state index contributed by atoms with van der Waals surface area (Å²) in [5.41, 5.74) is 3.43. The third-order valence-electron chi connectivity index (χ3n) is 5.13. The molecule has 0 amide bonds. The van der Waals surface area contributed by atoms with Crippen molar-refractivity contribution in [3.05, 3.63) is 89.2 Å². The number of unbranched alkanes of at least 4 members (excludes halogenated alkanes) is 1. The summed E-state index contributed by atoms with van der Waals surface area (Å²) in [6, 6.07) is 24.1. The Kier molecular flexibility index (Phi) is 6.55. The molecule has 5 heteroatoms. The molecule has 3 aromatic carbocycles. The molecular formula is C25H25ClN2O2. The van der Waals surface area contributed by atoms with Crippen molar-refractivity contribution in [2.24, 2.45) is 0 Å². The van der Waals surface area contributed by atoms with E-state index in [4.69, 9.17) is 26.1 Å². The Balaban J connectivity index is 1.43. The van der Waals surface area contributed by atoms with Crippen molar-refractivity contribution in [2.75, 3.05) is 13.7 Å². The molecule has 1 aromatic heterocycles. The van der Waals surface area contributed by atoms with Crippen molar-refractivity contribution in [1.82, 2.24) is 9.55 Å². The SMILES string of the molecule is COc1ccc(Cc2nc3ccccc3n2CCCCOc2ccccc2Cl)cc1. The van der Waals surface area contributed by atoms with Crippen LogP contribution in [0.4, 0.5) is 0 Å². The summed E-state index contributed by atoms with van der Waals surface area (Å²) in [5.74, 6) is 2.69. The van der Waals surface area contributed by atoms with E-state index in [0.717, 1.165) is 48.6 Å². The molecule has 4 nitrogen and oxygen atoms in total. The van der Waals surface area contributed by atoms with Crippen LogP contribution in [0.5, 0.6) is 11.5 Å². The summed E-state index contributed by atoms with van der Waals surface area (Å²) >= 11 is 6.16. The number of methoxy groups -OCH3 is 1. The normalized spacial score (nSPS) is 11.0. The third-order valence-corrected chi connectivity index (χ3v) is 5.44. The number of rotatable bonds is 9. The second-order valence-electron chi connectivity index (χ2n) is 7.18. The van der Waals surface area contributed by atoms with Gasteiger partial charge in [-0.25, -0.2) is 4.98 Å². The number of hydrogen-bond donors (Lipinski definition) is 0. The Hall–Kier alpha value is -2.98. The predicted molar refractivity (Wildman–Crippen MR) is 122 cm³/mol. The first-order chi connectivity index (χ1) is 14.7. The van der Waals surface area contributed by atoms with Crippen LogP contribution in [-0.4, -0.2) is 23.3 Å². The van der Waals surface area contributed by atoms with Crippen molar-refractivity contribution in [3.8, 4) is 11.5 Å². The lowest BCUT2D eigenvalue weighted by atomic mass is 10.1. The number of hydrogen-bond acceptors (Lipinski definition) is 3. The van der Waals surface area contributed by atoms with Crippen LogP contribution in [0.2, 0.25) is 5.02 Å². The molecule has 0 saturated heterocycles. The van der Waals surface area contributed by atoms with Gasteiger partial charge in [0.2, 0.25) is 0 Å². The first-order valence-electron chi connectivity index (χ1n) is 10.2. The highest BCUT2D eigenvalue weighted by molar-refractivity contribution is 6.32. The van der Waals surface area contributed by atoms with E-state index in [9.17, 15) is 0 Å². The molecule has 4 aromatic rings. The fraction of sp³-hybridized carbons (Fsp3) is 0.240. The second kappa shape index (κ2) is 9.68. The molecule has 0 fully saturated rings. The van der Waals surface area contributed by atoms with E-state index in [2.05, 4.69) is 34.9 Å². The number of imidazole rings is 1. The Morgan fingerprint density at radius 1 is 0.900 bits per heavy atom. The zero-order valence-corrected chi connectivity index (χ0v) is 17.8. The van der Waals surface area contributed by atoms with Crippen molar-refractivity contribution < 1.29 is 9.47 Å². The number of aromatic nitrogens is 2. The maximum atomic E-state index is 6.16. The lowest BCUT2D eigenvalue weighted by Crippen LogP contribution is -2.07. The lowest BCUT2D eigenvalue weighted by molar-refractivity contribution is 0.303. The van der Waals surface area contributed by atoms with Crippen molar-refractivity contribution in [2.45, 2.75) is 25.8 Å². The van der Waals surface area contributed by atoms with Gasteiger partial charge in [-0.3, -0.25) is 0 Å². The van der Waals surface area contributed by atoms with Crippen molar-refractivity contribution in [3.63, 3.8) is 0 Å². The van der Waals surface area contributed by atoms with E-state index in [1.807, 2.05) is 42.5 Å². The predicted octanol–water partition coefficient (Wildman–Crippen LogP) is 6.15. The average molecular weight is 421 g/mol. The Morgan fingerprint density at radius 3 is 2.47 bits per heavy atom. The van der Waals surface area contributed by atoms with E-state index in [1.165, 1.54) is 11.1 Å². The monoisotopic (exact) mass is 420 g/mol. The number of aryl methyl sites for hydroxylation is 1. The molecule has 0 atom stereocenters. The van der Waals surface area contributed by atoms with E-state index < -0.39 is 0 Å². The lowest BCUT2D eigenvalue weighted by Gasteiger charge is -2.11. The summed E-state index contributed by atoms with van der Waals surface area (Å²) in [6.45, 7) is 1.54. The standard InChI is InChI=1S/C25H25ClN2O2/c1-29-20-14-12-19(13-15-20)18-25-27-22-9-3-4-10-23(22)28(25)16-6-7-17-30-24-11-5-2-8-21(24)26/h2-5,8-15H,6-7,16-18H2,1H3. The molecule has 154 valence electrons. The minimum Gasteiger partial charge on any atom is -0.497 e. The maximum absolute atomic E-state index is 6.16. The van der Waals surface area contributed by atoms with Gasteiger partial charge in [0.15, 0.2) is 0 Å². The van der Waals surface area contributed by atoms with Gasteiger partial charge in [0.05, 0.1) is 29.8 Å². The Labute approximate surface area is 182 Å². The Bertz CT molecular complexity index is 1110. The van der Waals surface area contributed by atoms with Crippen LogP contribution >= 0.6 is 11.6 Å². The molecular weight excluding hydrogens is 396 g/mol. The molecule has 4 rings (SSSR count). The van der Waals surface area contributed by atoms with E-state index >= 15 is 0 Å². The summed E-state index contributed by atoms with van der Waals surface area (Å²) in [7, 11) is 1.68. The molecule has 0 saturated carbocycles. The van der Waals surface area contributed by atoms with Gasteiger partial charge in [-0.05, 0) is 54.8 Å². The fourth-order valence-corrected chi connectivity index (χ4v) is 3.74. The van der Waals surface area contributed by atoms with E-state index in [0.29, 0.717) is 11.6 Å². The van der Waals surface area contributed by atoms with Crippen molar-refractivity contribution in [1.29, 1.82) is 0 Å². The van der Waals surface area contributed by atoms with Gasteiger partial charge in [0, 0.05) is 13.0 Å². The van der Waals surface area contributed by atoms with Crippen LogP contribution in [0.3, 0.4) is 0 Å². The first kappa shape index (κ1) is 20.3. The van der Waals surface area contributed by atoms with Crippen LogP contribution in [-0.2, 0) is 13.0 Å². The molecule has 0 unspecified atom stereocenters. The topological polar surface area (TPSA) is 36.3 Å². The Morgan fingerprint density at radius 2 is 1.67 bits per heavy atom. The molecule has 1 heterocycles. The zero-order chi connectivity index (χ0) is 20.8. The van der Waals surface area contributed by atoms with Gasteiger partial charge in [-0.1, -0.05) is 48.0 Å². The molecule has 0 spiro atoms. The average Bonchev–Trinajstić information content (AvgIpc) is 3.12. The van der Waals surface area contributed by atoms with E-state index in [-0.39, 0.29) is 0 Å². The maximum Gasteiger partial charge on any atom is 0.137 e. The summed E-state index contributed by atoms with van der Waals surface area (Å²) in [4.78, 5) is 4.89. The number of nitrogens with zero attached hydrogens (tertiary/aromatic N) is 2. The molecule has 0 aliphatic heterocycles. The van der Waals surface area contributed by atoms with Crippen LogP contribution in [0.1, 0.15) is 24.2 Å². The van der Waals surface area contributed by atoms with Crippen LogP contribution in [0.15, 0.2) is 72.8 Å². The van der Waals surface area contributed by atoms with Gasteiger partial charge in [-0.2, -0.15) is 0 Å². The highest BCUT2D eigenvalue weighted by Crippen LogP contribution is 2.24. The minimum atomic E-state index is 0.643.